The number of nitrogens with zero attached hydrogens (tertiary/aromatic N) is 2. The first kappa shape index (κ1) is 6.92. The highest BCUT2D eigenvalue weighted by atomic mass is 15.4. The Labute approximate surface area is 60.2 Å². The lowest BCUT2D eigenvalue weighted by Crippen LogP contribution is -2.53. The third kappa shape index (κ3) is 1.05. The van der Waals surface area contributed by atoms with Gasteiger partial charge in [-0.15, -0.1) is 0 Å². The topological polar surface area (TPSA) is 77.5 Å². The van der Waals surface area contributed by atoms with Gasteiger partial charge >= 0.3 is 0 Å². The molecule has 2 radical (unpaired) electrons. The summed E-state index contributed by atoms with van der Waals surface area (Å²) >= 11 is 0. The normalized spacial score (nSPS) is 25.7. The molecule has 0 saturated carbocycles. The van der Waals surface area contributed by atoms with Crippen molar-refractivity contribution >= 4 is 19.8 Å². The van der Waals surface area contributed by atoms with Crippen LogP contribution in [-0.2, 0) is 0 Å². The predicted octanol–water partition coefficient (Wildman–Crippen LogP) is -1.78. The zero-order valence-corrected chi connectivity index (χ0v) is 5.63. The Hall–Kier alpha value is -1.20. The summed E-state index contributed by atoms with van der Waals surface area (Å²) in [7, 11) is 7.10. The van der Waals surface area contributed by atoms with Crippen LogP contribution in [0.3, 0.4) is 0 Å². The first-order valence-electron chi connectivity index (χ1n) is 2.78. The van der Waals surface area contributed by atoms with Crippen molar-refractivity contribution < 1.29 is 0 Å². The van der Waals surface area contributed by atoms with Gasteiger partial charge in [0.05, 0.1) is 6.07 Å². The number of hydrogen-bond acceptors (Lipinski definition) is 3. The molecule has 0 spiro atoms. The van der Waals surface area contributed by atoms with Crippen molar-refractivity contribution in [3.05, 3.63) is 0 Å². The molecule has 4 N–H and O–H groups in total. The molecular formula is C4H8BN5. The van der Waals surface area contributed by atoms with Gasteiger partial charge in [0.2, 0.25) is 0 Å². The summed E-state index contributed by atoms with van der Waals surface area (Å²) in [6.07, 6.45) is 0. The van der Waals surface area contributed by atoms with Gasteiger partial charge in [-0.25, -0.2) is 4.99 Å². The highest BCUT2D eigenvalue weighted by molar-refractivity contribution is 6.15. The third-order valence-corrected chi connectivity index (χ3v) is 1.27. The van der Waals surface area contributed by atoms with Crippen LogP contribution in [0.2, 0.25) is 0 Å². The number of nitrogens with two attached hydrogens (primary N) is 1. The maximum Gasteiger partial charge on any atom is 0.198 e. The van der Waals surface area contributed by atoms with Crippen molar-refractivity contribution in [1.29, 1.82) is 5.41 Å². The van der Waals surface area contributed by atoms with Crippen LogP contribution in [0.4, 0.5) is 0 Å². The van der Waals surface area contributed by atoms with Gasteiger partial charge in [0.1, 0.15) is 7.85 Å². The van der Waals surface area contributed by atoms with Crippen LogP contribution < -0.4 is 11.1 Å². The fourth-order valence-corrected chi connectivity index (χ4v) is 0.603. The Morgan fingerprint density at radius 1 is 1.90 bits per heavy atom. The third-order valence-electron chi connectivity index (χ3n) is 1.27. The molecule has 10 heavy (non-hydrogen) atoms. The first-order chi connectivity index (χ1) is 4.61. The molecular weight excluding hydrogens is 129 g/mol. The van der Waals surface area contributed by atoms with E-state index >= 15 is 0 Å². The van der Waals surface area contributed by atoms with E-state index in [1.165, 1.54) is 4.90 Å². The SMILES string of the molecule is [B]C1N=C(N)NC(=N)N1C. The number of aliphatic imine (C=N–C) groups is 1. The highest BCUT2D eigenvalue weighted by Gasteiger charge is 2.16. The summed E-state index contributed by atoms with van der Waals surface area (Å²) < 4.78 is 0. The summed E-state index contributed by atoms with van der Waals surface area (Å²) in [6, 6.07) is -0.534. The summed E-state index contributed by atoms with van der Waals surface area (Å²) in [6.45, 7) is 0. The predicted molar refractivity (Wildman–Crippen MR) is 39.8 cm³/mol. The first-order valence-corrected chi connectivity index (χ1v) is 2.78. The van der Waals surface area contributed by atoms with Crippen LogP contribution in [0.1, 0.15) is 0 Å². The van der Waals surface area contributed by atoms with Crippen LogP contribution in [0.25, 0.3) is 0 Å². The van der Waals surface area contributed by atoms with Crippen molar-refractivity contribution in [1.82, 2.24) is 10.2 Å². The molecule has 1 heterocycles. The van der Waals surface area contributed by atoms with Gasteiger partial charge in [0.15, 0.2) is 11.9 Å². The van der Waals surface area contributed by atoms with E-state index in [0.29, 0.717) is 0 Å². The number of rotatable bonds is 0. The Morgan fingerprint density at radius 2 is 2.50 bits per heavy atom. The lowest BCUT2D eigenvalue weighted by Gasteiger charge is -2.29. The molecule has 1 unspecified atom stereocenters. The van der Waals surface area contributed by atoms with E-state index in [2.05, 4.69) is 10.3 Å². The Kier molecular flexibility index (Phi) is 1.53. The zero-order chi connectivity index (χ0) is 7.72. The van der Waals surface area contributed by atoms with Crippen LogP contribution in [0.15, 0.2) is 4.99 Å². The molecule has 1 atom stereocenters. The number of hydrogen-bond donors (Lipinski definition) is 3. The van der Waals surface area contributed by atoms with Gasteiger partial charge in [0, 0.05) is 7.05 Å². The second kappa shape index (κ2) is 2.20. The second-order valence-corrected chi connectivity index (χ2v) is 2.01. The maximum atomic E-state index is 7.23. The minimum absolute atomic E-state index is 0.167. The molecule has 0 aromatic carbocycles. The van der Waals surface area contributed by atoms with Gasteiger partial charge in [-0.1, -0.05) is 0 Å². The van der Waals surface area contributed by atoms with Gasteiger partial charge in [-0.05, 0) is 0 Å². The average Bonchev–Trinajstić information content (AvgIpc) is 1.82. The van der Waals surface area contributed by atoms with Crippen LogP contribution in [-0.4, -0.2) is 37.8 Å². The van der Waals surface area contributed by atoms with Crippen molar-refractivity contribution in [2.45, 2.75) is 6.07 Å². The fourth-order valence-electron chi connectivity index (χ4n) is 0.603. The molecule has 6 heteroatoms. The molecule has 0 amide bonds. The van der Waals surface area contributed by atoms with Crippen molar-refractivity contribution in [3.8, 4) is 0 Å². The van der Waals surface area contributed by atoms with Gasteiger partial charge in [-0.3, -0.25) is 10.7 Å². The average molecular weight is 137 g/mol. The molecule has 0 aliphatic carbocycles. The fraction of sp³-hybridized carbons (Fsp3) is 0.500. The van der Waals surface area contributed by atoms with Crippen molar-refractivity contribution in [3.63, 3.8) is 0 Å². The molecule has 1 rings (SSSR count). The zero-order valence-electron chi connectivity index (χ0n) is 5.63. The van der Waals surface area contributed by atoms with Crippen LogP contribution in [0.5, 0.6) is 0 Å². The van der Waals surface area contributed by atoms with E-state index < -0.39 is 6.07 Å². The summed E-state index contributed by atoms with van der Waals surface area (Å²) in [5, 5.41) is 9.75. The quantitative estimate of drug-likeness (QED) is 0.345. The Balaban J connectivity index is 2.79. The van der Waals surface area contributed by atoms with E-state index in [0.717, 1.165) is 0 Å². The van der Waals surface area contributed by atoms with Crippen LogP contribution in [0, 0.1) is 5.41 Å². The van der Waals surface area contributed by atoms with Gasteiger partial charge in [-0.2, -0.15) is 0 Å². The highest BCUT2D eigenvalue weighted by Crippen LogP contribution is 1.96. The largest absolute Gasteiger partial charge is 0.370 e. The maximum absolute atomic E-state index is 7.23. The monoisotopic (exact) mass is 137 g/mol. The van der Waals surface area contributed by atoms with E-state index in [1.807, 2.05) is 0 Å². The van der Waals surface area contributed by atoms with E-state index in [-0.39, 0.29) is 11.9 Å². The van der Waals surface area contributed by atoms with Gasteiger partial charge in [0.25, 0.3) is 0 Å². The van der Waals surface area contributed by atoms with Crippen molar-refractivity contribution in [2.24, 2.45) is 10.7 Å². The molecule has 1 aliphatic rings. The smallest absolute Gasteiger partial charge is 0.198 e. The summed E-state index contributed by atoms with van der Waals surface area (Å²) in [5.74, 6) is 0.357. The minimum atomic E-state index is -0.534. The lowest BCUT2D eigenvalue weighted by atomic mass is 10.0. The van der Waals surface area contributed by atoms with Crippen LogP contribution >= 0.6 is 0 Å². The molecule has 5 nitrogen and oxygen atoms in total. The van der Waals surface area contributed by atoms with Gasteiger partial charge < -0.3 is 10.6 Å². The standard InChI is InChI=1S/C4H8BN5/c1-10-2(5)8-3(6)9-4(10)7/h2H,1H3,(H4,6,7,8,9). The molecule has 0 saturated heterocycles. The van der Waals surface area contributed by atoms with E-state index in [1.54, 1.807) is 7.05 Å². The minimum Gasteiger partial charge on any atom is -0.370 e. The molecule has 0 aromatic heterocycles. The second-order valence-electron chi connectivity index (χ2n) is 2.01. The molecule has 52 valence electrons. The Morgan fingerprint density at radius 3 is 3.00 bits per heavy atom. The number of guanidine groups is 2. The van der Waals surface area contributed by atoms with Crippen molar-refractivity contribution in [2.75, 3.05) is 7.05 Å². The summed E-state index contributed by atoms with van der Waals surface area (Å²) in [4.78, 5) is 5.23. The molecule has 0 aromatic rings. The molecule has 1 aliphatic heterocycles. The Bertz CT molecular complexity index is 188. The van der Waals surface area contributed by atoms with E-state index in [9.17, 15) is 0 Å². The number of nitrogens with one attached hydrogen (secondary N) is 2. The lowest BCUT2D eigenvalue weighted by molar-refractivity contribution is 0.449. The summed E-state index contributed by atoms with van der Waals surface area (Å²) in [5.41, 5.74) is 5.27. The molecule has 0 bridgehead atoms. The van der Waals surface area contributed by atoms with E-state index in [4.69, 9.17) is 19.0 Å². The molecule has 0 fully saturated rings.